The van der Waals surface area contributed by atoms with Crippen molar-refractivity contribution >= 4 is 6.03 Å². The van der Waals surface area contributed by atoms with Crippen LogP contribution in [0.3, 0.4) is 0 Å². The Morgan fingerprint density at radius 2 is 1.83 bits per heavy atom. The fraction of sp³-hybridized carbons (Fsp3) is 0.611. The number of hydrogen-bond acceptors (Lipinski definition) is 3. The molecule has 1 aromatic rings. The van der Waals surface area contributed by atoms with Gasteiger partial charge in [0.05, 0.1) is 7.11 Å². The summed E-state index contributed by atoms with van der Waals surface area (Å²) in [6.45, 7) is 9.16. The molecule has 1 saturated heterocycles. The molecule has 1 heterocycles. The minimum Gasteiger partial charge on any atom is -0.496 e. The van der Waals surface area contributed by atoms with Crippen molar-refractivity contribution in [3.8, 4) is 5.75 Å². The second-order valence-electron chi connectivity index (χ2n) is 7.64. The lowest BCUT2D eigenvalue weighted by atomic mass is 9.80. The van der Waals surface area contributed by atoms with Gasteiger partial charge in [0.2, 0.25) is 0 Å². The van der Waals surface area contributed by atoms with E-state index < -0.39 is 0 Å². The molecule has 1 aliphatic rings. The number of piperidine rings is 1. The lowest BCUT2D eigenvalue weighted by Crippen LogP contribution is -2.62. The number of rotatable bonds is 4. The summed E-state index contributed by atoms with van der Waals surface area (Å²) < 4.78 is 5.30. The van der Waals surface area contributed by atoms with E-state index in [1.165, 1.54) is 0 Å². The first-order valence-electron chi connectivity index (χ1n) is 8.16. The fourth-order valence-electron chi connectivity index (χ4n) is 3.69. The predicted molar refractivity (Wildman–Crippen MR) is 92.7 cm³/mol. The summed E-state index contributed by atoms with van der Waals surface area (Å²) in [5, 5.41) is 9.65. The molecule has 3 N–H and O–H groups in total. The van der Waals surface area contributed by atoms with E-state index in [0.29, 0.717) is 6.54 Å². The van der Waals surface area contributed by atoms with Crippen molar-refractivity contribution in [2.24, 2.45) is 0 Å². The molecule has 0 bridgehead atoms. The van der Waals surface area contributed by atoms with Crippen molar-refractivity contribution in [2.75, 3.05) is 7.11 Å². The van der Waals surface area contributed by atoms with Crippen LogP contribution in [0, 0.1) is 0 Å². The third kappa shape index (κ3) is 5.13. The number of ether oxygens (including phenoxy) is 1. The molecule has 0 aromatic heterocycles. The molecular formula is C18H29N3O2. The smallest absolute Gasteiger partial charge is 0.315 e. The van der Waals surface area contributed by atoms with Gasteiger partial charge in [-0.2, -0.15) is 0 Å². The topological polar surface area (TPSA) is 62.4 Å². The first-order chi connectivity index (χ1) is 10.7. The molecule has 5 heteroatoms. The van der Waals surface area contributed by atoms with Gasteiger partial charge in [-0.15, -0.1) is 0 Å². The normalized spacial score (nSPS) is 19.9. The number of amides is 2. The molecule has 0 atom stereocenters. The van der Waals surface area contributed by atoms with Crippen LogP contribution in [0.4, 0.5) is 4.79 Å². The maximum absolute atomic E-state index is 12.2. The third-order valence-corrected chi connectivity index (χ3v) is 4.16. The molecule has 128 valence electrons. The zero-order chi connectivity index (χ0) is 17.1. The molecule has 1 aliphatic heterocycles. The molecule has 0 radical (unpaired) electrons. The number of nitrogens with one attached hydrogen (secondary N) is 3. The van der Waals surface area contributed by atoms with E-state index in [1.807, 2.05) is 24.3 Å². The van der Waals surface area contributed by atoms with Crippen LogP contribution in [0.15, 0.2) is 24.3 Å². The second kappa shape index (κ2) is 6.79. The lowest BCUT2D eigenvalue weighted by molar-refractivity contribution is 0.147. The Kier molecular flexibility index (Phi) is 5.19. The van der Waals surface area contributed by atoms with Gasteiger partial charge in [0, 0.05) is 29.2 Å². The first kappa shape index (κ1) is 17.6. The maximum Gasteiger partial charge on any atom is 0.315 e. The summed E-state index contributed by atoms with van der Waals surface area (Å²) in [6, 6.07) is 7.74. The molecule has 0 spiro atoms. The summed E-state index contributed by atoms with van der Waals surface area (Å²) in [6.07, 6.45) is 1.83. The average Bonchev–Trinajstić information content (AvgIpc) is 2.42. The zero-order valence-corrected chi connectivity index (χ0v) is 14.8. The quantitative estimate of drug-likeness (QED) is 0.800. The molecule has 2 amide bonds. The highest BCUT2D eigenvalue weighted by Crippen LogP contribution is 2.28. The predicted octanol–water partition coefficient (Wildman–Crippen LogP) is 2.80. The van der Waals surface area contributed by atoms with Gasteiger partial charge in [-0.1, -0.05) is 18.2 Å². The van der Waals surface area contributed by atoms with Gasteiger partial charge in [0.1, 0.15) is 5.75 Å². The summed E-state index contributed by atoms with van der Waals surface area (Å²) in [4.78, 5) is 12.2. The van der Waals surface area contributed by atoms with E-state index in [1.54, 1.807) is 7.11 Å². The number of carbonyl (C=O) groups is 1. The minimum atomic E-state index is -0.130. The summed E-state index contributed by atoms with van der Waals surface area (Å²) in [5.74, 6) is 0.789. The van der Waals surface area contributed by atoms with Crippen molar-refractivity contribution in [1.82, 2.24) is 16.0 Å². The zero-order valence-electron chi connectivity index (χ0n) is 14.8. The van der Waals surface area contributed by atoms with Gasteiger partial charge < -0.3 is 20.7 Å². The van der Waals surface area contributed by atoms with Gasteiger partial charge in [0.15, 0.2) is 0 Å². The maximum atomic E-state index is 12.2. The summed E-state index contributed by atoms with van der Waals surface area (Å²) >= 11 is 0. The van der Waals surface area contributed by atoms with Crippen LogP contribution < -0.4 is 20.7 Å². The monoisotopic (exact) mass is 319 g/mol. The number of carbonyl (C=O) groups excluding carboxylic acids is 1. The first-order valence-corrected chi connectivity index (χ1v) is 8.16. The van der Waals surface area contributed by atoms with Gasteiger partial charge in [-0.3, -0.25) is 0 Å². The van der Waals surface area contributed by atoms with Crippen LogP contribution in [0.5, 0.6) is 5.75 Å². The van der Waals surface area contributed by atoms with Crippen molar-refractivity contribution in [1.29, 1.82) is 0 Å². The summed E-state index contributed by atoms with van der Waals surface area (Å²) in [5.41, 5.74) is 1.00. The molecular weight excluding hydrogens is 290 g/mol. The Balaban J connectivity index is 1.89. The van der Waals surface area contributed by atoms with Crippen LogP contribution in [0.1, 0.15) is 46.1 Å². The average molecular weight is 319 g/mol. The van der Waals surface area contributed by atoms with E-state index >= 15 is 0 Å². The lowest BCUT2D eigenvalue weighted by Gasteiger charge is -2.46. The molecule has 23 heavy (non-hydrogen) atoms. The minimum absolute atomic E-state index is 0.0162. The van der Waals surface area contributed by atoms with Crippen molar-refractivity contribution in [2.45, 2.75) is 64.2 Å². The largest absolute Gasteiger partial charge is 0.496 e. The van der Waals surface area contributed by atoms with E-state index in [4.69, 9.17) is 4.74 Å². The molecule has 1 fully saturated rings. The van der Waals surface area contributed by atoms with E-state index in [-0.39, 0.29) is 23.2 Å². The Morgan fingerprint density at radius 1 is 1.22 bits per heavy atom. The van der Waals surface area contributed by atoms with Crippen LogP contribution in [-0.2, 0) is 6.54 Å². The highest BCUT2D eigenvalue weighted by molar-refractivity contribution is 5.74. The van der Waals surface area contributed by atoms with E-state index in [0.717, 1.165) is 24.2 Å². The molecule has 0 aliphatic carbocycles. The van der Waals surface area contributed by atoms with Crippen molar-refractivity contribution in [3.05, 3.63) is 29.8 Å². The molecule has 5 nitrogen and oxygen atoms in total. The van der Waals surface area contributed by atoms with Crippen molar-refractivity contribution < 1.29 is 9.53 Å². The van der Waals surface area contributed by atoms with Gasteiger partial charge in [-0.05, 0) is 46.6 Å². The van der Waals surface area contributed by atoms with Crippen LogP contribution in [0.2, 0.25) is 0 Å². The number of hydrogen-bond donors (Lipinski definition) is 3. The van der Waals surface area contributed by atoms with Gasteiger partial charge in [-0.25, -0.2) is 4.79 Å². The third-order valence-electron chi connectivity index (χ3n) is 4.16. The van der Waals surface area contributed by atoms with Crippen LogP contribution in [-0.4, -0.2) is 30.3 Å². The van der Waals surface area contributed by atoms with E-state index in [9.17, 15) is 4.79 Å². The van der Waals surface area contributed by atoms with Gasteiger partial charge >= 0.3 is 6.03 Å². The molecule has 1 aromatic carbocycles. The fourth-order valence-corrected chi connectivity index (χ4v) is 3.69. The second-order valence-corrected chi connectivity index (χ2v) is 7.64. The Bertz CT molecular complexity index is 539. The highest BCUT2D eigenvalue weighted by atomic mass is 16.5. The van der Waals surface area contributed by atoms with Crippen LogP contribution >= 0.6 is 0 Å². The summed E-state index contributed by atoms with van der Waals surface area (Å²) in [7, 11) is 1.64. The highest BCUT2D eigenvalue weighted by Gasteiger charge is 2.38. The van der Waals surface area contributed by atoms with E-state index in [2.05, 4.69) is 43.6 Å². The number of methoxy groups -OCH3 is 1. The number of para-hydroxylation sites is 1. The molecule has 0 unspecified atom stereocenters. The Morgan fingerprint density at radius 3 is 2.43 bits per heavy atom. The number of benzene rings is 1. The Labute approximate surface area is 139 Å². The van der Waals surface area contributed by atoms with Crippen molar-refractivity contribution in [3.63, 3.8) is 0 Å². The molecule has 0 saturated carbocycles. The van der Waals surface area contributed by atoms with Crippen LogP contribution in [0.25, 0.3) is 0 Å². The standard InChI is InChI=1S/C18H29N3O2/c1-17(2)10-14(11-18(3,4)21-17)20-16(22)19-12-13-8-6-7-9-15(13)23-5/h6-9,14,21H,10-12H2,1-5H3,(H2,19,20,22). The number of urea groups is 1. The SMILES string of the molecule is COc1ccccc1CNC(=O)NC1CC(C)(C)NC(C)(C)C1. The van der Waals surface area contributed by atoms with Gasteiger partial charge in [0.25, 0.3) is 0 Å². The molecule has 2 rings (SSSR count). The Hall–Kier alpha value is -1.75.